The fourth-order valence-corrected chi connectivity index (χ4v) is 3.43. The molecule has 0 spiro atoms. The molecule has 2 N–H and O–H groups in total. The summed E-state index contributed by atoms with van der Waals surface area (Å²) in [5.74, 6) is -1.68. The zero-order valence-electron chi connectivity index (χ0n) is 21.5. The van der Waals surface area contributed by atoms with Gasteiger partial charge in [-0.2, -0.15) is 0 Å². The van der Waals surface area contributed by atoms with E-state index in [1.807, 2.05) is 51.1 Å². The Morgan fingerprint density at radius 1 is 0.868 bits per heavy atom. The number of benzene rings is 2. The van der Waals surface area contributed by atoms with Crippen LogP contribution in [0.5, 0.6) is 0 Å². The molecular weight excluding hydrogens is 510 g/mol. The number of pyridine rings is 1. The highest BCUT2D eigenvalue weighted by atomic mass is 35.5. The molecule has 200 valence electrons. The number of hydrogen-bond donors (Lipinski definition) is 2. The van der Waals surface area contributed by atoms with Crippen LogP contribution >= 0.6 is 11.6 Å². The lowest BCUT2D eigenvalue weighted by molar-refractivity contribution is -0.125. The molecule has 3 rings (SSSR count). The van der Waals surface area contributed by atoms with Crippen molar-refractivity contribution < 1.29 is 28.6 Å². The number of aromatic nitrogens is 1. The molecule has 0 radical (unpaired) electrons. The van der Waals surface area contributed by atoms with Gasteiger partial charge in [-0.15, -0.1) is 0 Å². The third kappa shape index (κ3) is 9.59. The van der Waals surface area contributed by atoms with Gasteiger partial charge in [-0.25, -0.2) is 4.79 Å². The van der Waals surface area contributed by atoms with Crippen molar-refractivity contribution in [2.75, 3.05) is 37.2 Å². The Morgan fingerprint density at radius 2 is 1.58 bits per heavy atom. The van der Waals surface area contributed by atoms with E-state index in [-0.39, 0.29) is 30.1 Å². The number of anilines is 2. The fourth-order valence-electron chi connectivity index (χ4n) is 3.26. The van der Waals surface area contributed by atoms with Crippen LogP contribution in [-0.4, -0.2) is 49.4 Å². The largest absolute Gasteiger partial charge is 0.435 e. The maximum Gasteiger partial charge on any atom is 0.342 e. The molecule has 0 fully saturated rings. The molecule has 0 atom stereocenters. The topological polar surface area (TPSA) is 116 Å². The first kappa shape index (κ1) is 28.8. The van der Waals surface area contributed by atoms with Gasteiger partial charge < -0.3 is 24.8 Å². The highest BCUT2D eigenvalue weighted by molar-refractivity contribution is 6.31. The van der Waals surface area contributed by atoms with Crippen LogP contribution < -0.4 is 10.6 Å². The van der Waals surface area contributed by atoms with Crippen molar-refractivity contribution in [3.8, 4) is 11.1 Å². The molecule has 1 aromatic heterocycles. The molecule has 0 aliphatic rings. The van der Waals surface area contributed by atoms with Gasteiger partial charge in [0.05, 0.1) is 17.9 Å². The second kappa shape index (κ2) is 13.7. The van der Waals surface area contributed by atoms with Crippen LogP contribution in [0.15, 0.2) is 67.0 Å². The lowest BCUT2D eigenvalue weighted by atomic mass is 9.99. The summed E-state index contributed by atoms with van der Waals surface area (Å²) in [5.41, 5.74) is 2.66. The van der Waals surface area contributed by atoms with Gasteiger partial charge >= 0.3 is 5.97 Å². The number of rotatable bonds is 11. The van der Waals surface area contributed by atoms with Crippen LogP contribution in [0.1, 0.15) is 31.1 Å². The van der Waals surface area contributed by atoms with Crippen molar-refractivity contribution in [1.29, 1.82) is 0 Å². The SMILES string of the molecule is CC(C)(C)COCOC(=O)c1cc(Cl)ccc1NC(=O)COCC(=O)Nc1cccc(-c2ccncc2)c1. The van der Waals surface area contributed by atoms with Crippen molar-refractivity contribution in [3.05, 3.63) is 77.6 Å². The number of carbonyl (C=O) groups is 3. The normalized spacial score (nSPS) is 11.1. The van der Waals surface area contributed by atoms with E-state index in [0.717, 1.165) is 11.1 Å². The summed E-state index contributed by atoms with van der Waals surface area (Å²) in [6, 6.07) is 15.5. The molecule has 3 aromatic rings. The Kier molecular flexibility index (Phi) is 10.3. The highest BCUT2D eigenvalue weighted by Crippen LogP contribution is 2.23. The first-order valence-electron chi connectivity index (χ1n) is 11.8. The molecule has 0 aliphatic heterocycles. The molecule has 9 nitrogen and oxygen atoms in total. The molecule has 0 unspecified atom stereocenters. The summed E-state index contributed by atoms with van der Waals surface area (Å²) in [7, 11) is 0. The zero-order valence-corrected chi connectivity index (χ0v) is 22.2. The number of nitrogens with zero attached hydrogens (tertiary/aromatic N) is 1. The average Bonchev–Trinajstić information content (AvgIpc) is 2.87. The molecule has 10 heteroatoms. The number of halogens is 1. The van der Waals surface area contributed by atoms with E-state index >= 15 is 0 Å². The predicted molar refractivity (Wildman–Crippen MR) is 145 cm³/mol. The molecule has 0 saturated heterocycles. The highest BCUT2D eigenvalue weighted by Gasteiger charge is 2.17. The molecule has 0 aliphatic carbocycles. The second-order valence-corrected chi connectivity index (χ2v) is 9.99. The molecule has 0 bridgehead atoms. The Balaban J connectivity index is 1.48. The molecular formula is C28H30ClN3O6. The average molecular weight is 540 g/mol. The van der Waals surface area contributed by atoms with Gasteiger partial charge in [0, 0.05) is 23.1 Å². The Labute approximate surface area is 226 Å². The molecule has 2 amide bonds. The summed E-state index contributed by atoms with van der Waals surface area (Å²) in [6.45, 7) is 5.40. The van der Waals surface area contributed by atoms with Gasteiger partial charge in [0.25, 0.3) is 0 Å². The van der Waals surface area contributed by atoms with Crippen molar-refractivity contribution in [2.24, 2.45) is 5.41 Å². The predicted octanol–water partition coefficient (Wildman–Crippen LogP) is 5.17. The minimum absolute atomic E-state index is 0.0667. The molecule has 0 saturated carbocycles. The lowest BCUT2D eigenvalue weighted by Crippen LogP contribution is -2.25. The van der Waals surface area contributed by atoms with E-state index < -0.39 is 24.4 Å². The van der Waals surface area contributed by atoms with E-state index in [1.165, 1.54) is 18.2 Å². The van der Waals surface area contributed by atoms with Gasteiger partial charge in [-0.05, 0) is 59.0 Å². The summed E-state index contributed by atoms with van der Waals surface area (Å²) in [5, 5.41) is 5.62. The fraction of sp³-hybridized carbons (Fsp3) is 0.286. The number of nitrogens with one attached hydrogen (secondary N) is 2. The van der Waals surface area contributed by atoms with Gasteiger partial charge in [0.1, 0.15) is 13.2 Å². The van der Waals surface area contributed by atoms with Crippen molar-refractivity contribution >= 4 is 40.8 Å². The van der Waals surface area contributed by atoms with Gasteiger partial charge in [0.15, 0.2) is 6.79 Å². The van der Waals surface area contributed by atoms with Crippen LogP contribution in [0.3, 0.4) is 0 Å². The number of carbonyl (C=O) groups excluding carboxylic acids is 3. The van der Waals surface area contributed by atoms with Gasteiger partial charge in [-0.3, -0.25) is 14.6 Å². The molecule has 1 heterocycles. The first-order valence-corrected chi connectivity index (χ1v) is 12.2. The second-order valence-electron chi connectivity index (χ2n) is 9.55. The maximum absolute atomic E-state index is 12.5. The monoisotopic (exact) mass is 539 g/mol. The Hall–Kier alpha value is -3.79. The Morgan fingerprint density at radius 3 is 2.29 bits per heavy atom. The van der Waals surface area contributed by atoms with Crippen LogP contribution in [0, 0.1) is 5.41 Å². The van der Waals surface area contributed by atoms with Crippen molar-refractivity contribution in [2.45, 2.75) is 20.8 Å². The quantitative estimate of drug-likeness (QED) is 0.196. The number of ether oxygens (including phenoxy) is 3. The van der Waals surface area contributed by atoms with Crippen LogP contribution in [0.4, 0.5) is 11.4 Å². The minimum Gasteiger partial charge on any atom is -0.435 e. The van der Waals surface area contributed by atoms with E-state index in [1.54, 1.807) is 18.5 Å². The summed E-state index contributed by atoms with van der Waals surface area (Å²) >= 11 is 6.02. The number of esters is 1. The third-order valence-electron chi connectivity index (χ3n) is 4.91. The first-order chi connectivity index (χ1) is 18.1. The summed E-state index contributed by atoms with van der Waals surface area (Å²) in [6.07, 6.45) is 3.38. The molecule has 2 aromatic carbocycles. The van der Waals surface area contributed by atoms with Crippen LogP contribution in [-0.2, 0) is 23.8 Å². The smallest absolute Gasteiger partial charge is 0.342 e. The molecule has 38 heavy (non-hydrogen) atoms. The third-order valence-corrected chi connectivity index (χ3v) is 5.15. The van der Waals surface area contributed by atoms with E-state index in [0.29, 0.717) is 17.3 Å². The van der Waals surface area contributed by atoms with E-state index in [4.69, 9.17) is 25.8 Å². The maximum atomic E-state index is 12.5. The van der Waals surface area contributed by atoms with E-state index in [9.17, 15) is 14.4 Å². The summed E-state index contributed by atoms with van der Waals surface area (Å²) < 4.78 is 15.8. The zero-order chi connectivity index (χ0) is 27.5. The lowest BCUT2D eigenvalue weighted by Gasteiger charge is -2.18. The Bertz CT molecular complexity index is 1260. The van der Waals surface area contributed by atoms with Crippen LogP contribution in [0.2, 0.25) is 5.02 Å². The van der Waals surface area contributed by atoms with Gasteiger partial charge in [-0.1, -0.05) is 44.5 Å². The van der Waals surface area contributed by atoms with E-state index in [2.05, 4.69) is 15.6 Å². The van der Waals surface area contributed by atoms with Crippen molar-refractivity contribution in [3.63, 3.8) is 0 Å². The van der Waals surface area contributed by atoms with Gasteiger partial charge in [0.2, 0.25) is 11.8 Å². The summed E-state index contributed by atoms with van der Waals surface area (Å²) in [4.78, 5) is 41.2. The van der Waals surface area contributed by atoms with Crippen LogP contribution in [0.25, 0.3) is 11.1 Å². The number of hydrogen-bond acceptors (Lipinski definition) is 7. The number of amides is 2. The van der Waals surface area contributed by atoms with Crippen molar-refractivity contribution in [1.82, 2.24) is 4.98 Å². The standard InChI is InChI=1S/C28H30ClN3O6/c1-28(2,3)17-37-18-38-27(35)23-14-21(29)7-8-24(23)32-26(34)16-36-15-25(33)31-22-6-4-5-20(13-22)19-9-11-30-12-10-19/h4-14H,15-18H2,1-3H3,(H,31,33)(H,32,34). The minimum atomic E-state index is -0.703.